The van der Waals surface area contributed by atoms with Crippen molar-refractivity contribution in [2.75, 3.05) is 16.8 Å². The Morgan fingerprint density at radius 2 is 1.71 bits per heavy atom. The summed E-state index contributed by atoms with van der Waals surface area (Å²) in [6.45, 7) is 8.11. The van der Waals surface area contributed by atoms with Crippen LogP contribution in [-0.2, 0) is 5.41 Å². The van der Waals surface area contributed by atoms with Crippen LogP contribution < -0.4 is 10.2 Å². The molecule has 0 amide bonds. The Balaban J connectivity index is 1.73. The number of nitrogens with zero attached hydrogens (tertiary/aromatic N) is 1. The van der Waals surface area contributed by atoms with E-state index in [4.69, 9.17) is 0 Å². The van der Waals surface area contributed by atoms with E-state index in [1.807, 2.05) is 6.07 Å². The Kier molecular flexibility index (Phi) is 5.13. The number of unbranched alkanes of at least 4 members (excludes halogenated alkanes) is 1. The molecule has 0 saturated heterocycles. The molecule has 1 aliphatic rings. The first kappa shape index (κ1) is 18.6. The molecule has 0 aliphatic carbocycles. The van der Waals surface area contributed by atoms with Gasteiger partial charge in [0.25, 0.3) is 0 Å². The number of nitrogens with one attached hydrogen (secondary N) is 1. The highest BCUT2D eigenvalue weighted by Crippen LogP contribution is 2.49. The van der Waals surface area contributed by atoms with Gasteiger partial charge in [0.2, 0.25) is 0 Å². The fourth-order valence-corrected chi connectivity index (χ4v) is 4.47. The minimum atomic E-state index is 0.0575. The molecule has 1 heterocycles. The van der Waals surface area contributed by atoms with Crippen molar-refractivity contribution in [2.45, 2.75) is 45.1 Å². The lowest BCUT2D eigenvalue weighted by Gasteiger charge is -2.32. The zero-order valence-electron chi connectivity index (χ0n) is 17.2. The molecule has 0 saturated carbocycles. The van der Waals surface area contributed by atoms with Crippen molar-refractivity contribution in [3.05, 3.63) is 84.6 Å². The quantitative estimate of drug-likeness (QED) is 0.517. The number of para-hydroxylation sites is 1. The van der Waals surface area contributed by atoms with E-state index in [0.717, 1.165) is 12.2 Å². The van der Waals surface area contributed by atoms with Gasteiger partial charge in [0.1, 0.15) is 0 Å². The third-order valence-electron chi connectivity index (χ3n) is 6.01. The van der Waals surface area contributed by atoms with Gasteiger partial charge in [-0.25, -0.2) is 0 Å². The number of hydrogen-bond donors (Lipinski definition) is 1. The zero-order chi connectivity index (χ0) is 19.6. The summed E-state index contributed by atoms with van der Waals surface area (Å²) in [7, 11) is 0. The lowest BCUT2D eigenvalue weighted by molar-refractivity contribution is 0.471. The van der Waals surface area contributed by atoms with Crippen molar-refractivity contribution < 1.29 is 0 Å². The minimum absolute atomic E-state index is 0.0575. The van der Waals surface area contributed by atoms with E-state index in [9.17, 15) is 0 Å². The van der Waals surface area contributed by atoms with Gasteiger partial charge in [-0.15, -0.1) is 0 Å². The van der Waals surface area contributed by atoms with E-state index >= 15 is 0 Å². The number of rotatable bonds is 6. The second-order valence-corrected chi connectivity index (χ2v) is 8.27. The molecular weight excluding hydrogens is 340 g/mol. The van der Waals surface area contributed by atoms with Crippen molar-refractivity contribution in [3.63, 3.8) is 0 Å². The lowest BCUT2D eigenvalue weighted by Crippen LogP contribution is -2.40. The van der Waals surface area contributed by atoms with Gasteiger partial charge >= 0.3 is 0 Å². The van der Waals surface area contributed by atoms with Crippen LogP contribution in [0, 0.1) is 0 Å². The fraction of sp³-hybridized carbons (Fsp3) is 0.308. The second-order valence-electron chi connectivity index (χ2n) is 8.27. The maximum atomic E-state index is 3.44. The third kappa shape index (κ3) is 3.28. The predicted molar refractivity (Wildman–Crippen MR) is 122 cm³/mol. The molecule has 2 nitrogen and oxygen atoms in total. The molecule has 0 fully saturated rings. The summed E-state index contributed by atoms with van der Waals surface area (Å²) >= 11 is 0. The molecule has 1 N–H and O–H groups in total. The summed E-state index contributed by atoms with van der Waals surface area (Å²) in [5, 5.41) is 6.14. The Hall–Kier alpha value is -2.74. The molecule has 2 heteroatoms. The summed E-state index contributed by atoms with van der Waals surface area (Å²) in [6.07, 6.45) is 6.87. The number of benzene rings is 3. The number of hydrogen-bond acceptors (Lipinski definition) is 2. The summed E-state index contributed by atoms with van der Waals surface area (Å²) in [5.74, 6) is 0. The zero-order valence-corrected chi connectivity index (χ0v) is 17.2. The van der Waals surface area contributed by atoms with Crippen LogP contribution in [0.4, 0.5) is 11.4 Å². The van der Waals surface area contributed by atoms with Crippen LogP contribution in [0.1, 0.15) is 39.2 Å². The number of anilines is 2. The first-order valence-corrected chi connectivity index (χ1v) is 10.4. The summed E-state index contributed by atoms with van der Waals surface area (Å²) in [6, 6.07) is 24.1. The van der Waals surface area contributed by atoms with Crippen molar-refractivity contribution in [1.29, 1.82) is 0 Å². The van der Waals surface area contributed by atoms with Crippen LogP contribution in [0.5, 0.6) is 0 Å². The topological polar surface area (TPSA) is 15.3 Å². The summed E-state index contributed by atoms with van der Waals surface area (Å²) < 4.78 is 0. The molecule has 3 aromatic rings. The first-order valence-electron chi connectivity index (χ1n) is 10.4. The Morgan fingerprint density at radius 3 is 2.50 bits per heavy atom. The van der Waals surface area contributed by atoms with Gasteiger partial charge in [-0.2, -0.15) is 0 Å². The van der Waals surface area contributed by atoms with E-state index in [2.05, 4.69) is 104 Å². The summed E-state index contributed by atoms with van der Waals surface area (Å²) in [5.41, 5.74) is 4.06. The van der Waals surface area contributed by atoms with E-state index in [0.29, 0.717) is 6.04 Å². The molecule has 3 aromatic carbocycles. The third-order valence-corrected chi connectivity index (χ3v) is 6.01. The van der Waals surface area contributed by atoms with Crippen LogP contribution in [0.25, 0.3) is 10.8 Å². The summed E-state index contributed by atoms with van der Waals surface area (Å²) in [4.78, 5) is 2.63. The Labute approximate surface area is 168 Å². The van der Waals surface area contributed by atoms with Gasteiger partial charge in [0, 0.05) is 28.7 Å². The van der Waals surface area contributed by atoms with Crippen molar-refractivity contribution in [1.82, 2.24) is 0 Å². The molecule has 1 unspecified atom stereocenters. The average Bonchev–Trinajstić information content (AvgIpc) is 2.94. The van der Waals surface area contributed by atoms with Gasteiger partial charge in [0.05, 0.1) is 6.04 Å². The Bertz CT molecular complexity index is 972. The molecule has 1 aliphatic heterocycles. The maximum absolute atomic E-state index is 3.44. The van der Waals surface area contributed by atoms with Gasteiger partial charge in [-0.1, -0.05) is 81.8 Å². The molecule has 0 aromatic heterocycles. The first-order chi connectivity index (χ1) is 13.6. The van der Waals surface area contributed by atoms with Crippen LogP contribution in [0.3, 0.4) is 0 Å². The van der Waals surface area contributed by atoms with Crippen LogP contribution in [0.2, 0.25) is 0 Å². The van der Waals surface area contributed by atoms with Crippen molar-refractivity contribution >= 4 is 22.1 Å². The molecule has 1 atom stereocenters. The molecule has 144 valence electrons. The van der Waals surface area contributed by atoms with Gasteiger partial charge in [0.15, 0.2) is 0 Å². The second kappa shape index (κ2) is 7.71. The highest BCUT2D eigenvalue weighted by Gasteiger charge is 2.43. The number of fused-ring (bicyclic) bond motifs is 3. The van der Waals surface area contributed by atoms with E-state index in [1.54, 1.807) is 0 Å². The fourth-order valence-electron chi connectivity index (χ4n) is 4.47. The van der Waals surface area contributed by atoms with Gasteiger partial charge < -0.3 is 10.2 Å². The molecule has 0 spiro atoms. The minimum Gasteiger partial charge on any atom is -0.363 e. The monoisotopic (exact) mass is 370 g/mol. The Morgan fingerprint density at radius 1 is 0.964 bits per heavy atom. The molecule has 0 radical (unpaired) electrons. The molecular formula is C26H30N2. The van der Waals surface area contributed by atoms with Crippen LogP contribution >= 0.6 is 0 Å². The largest absolute Gasteiger partial charge is 0.363 e. The van der Waals surface area contributed by atoms with Crippen molar-refractivity contribution in [3.8, 4) is 0 Å². The lowest BCUT2D eigenvalue weighted by atomic mass is 9.80. The van der Waals surface area contributed by atoms with E-state index < -0.39 is 0 Å². The van der Waals surface area contributed by atoms with Crippen LogP contribution in [0.15, 0.2) is 79.0 Å². The predicted octanol–water partition coefficient (Wildman–Crippen LogP) is 6.73. The van der Waals surface area contributed by atoms with Gasteiger partial charge in [-0.3, -0.25) is 0 Å². The average molecular weight is 371 g/mol. The standard InChI is InChI=1S/C26H30N2/c1-4-5-19-28-24(17-18-27-21-12-7-6-8-13-21)26(2,3)23-16-15-20-11-9-10-14-22(20)25(23)28/h6-18,24,27H,4-5,19H2,1-3H3. The highest BCUT2D eigenvalue weighted by molar-refractivity contribution is 5.98. The maximum Gasteiger partial charge on any atom is 0.0582 e. The van der Waals surface area contributed by atoms with E-state index in [1.165, 1.54) is 34.9 Å². The molecule has 0 bridgehead atoms. The van der Waals surface area contributed by atoms with E-state index in [-0.39, 0.29) is 5.41 Å². The van der Waals surface area contributed by atoms with Gasteiger partial charge in [-0.05, 0) is 41.8 Å². The van der Waals surface area contributed by atoms with Crippen molar-refractivity contribution in [2.24, 2.45) is 0 Å². The SMILES string of the molecule is CCCCN1c2c(ccc3ccccc23)C(C)(C)C1C=CNc1ccccc1. The smallest absolute Gasteiger partial charge is 0.0582 e. The molecule has 28 heavy (non-hydrogen) atoms. The normalized spacial score (nSPS) is 18.0. The highest BCUT2D eigenvalue weighted by atomic mass is 15.2. The molecule has 4 rings (SSSR count). The van der Waals surface area contributed by atoms with Crippen LogP contribution in [-0.4, -0.2) is 12.6 Å².